The summed E-state index contributed by atoms with van der Waals surface area (Å²) in [5.74, 6) is 1.52. The molecule has 0 spiro atoms. The van der Waals surface area contributed by atoms with Crippen molar-refractivity contribution in [2.75, 3.05) is 6.54 Å². The first-order chi connectivity index (χ1) is 10.1. The minimum absolute atomic E-state index is 0.556. The van der Waals surface area contributed by atoms with Crippen molar-refractivity contribution in [3.8, 4) is 5.75 Å². The maximum Gasteiger partial charge on any atom is 0.127 e. The molecule has 1 N–H and O–H groups in total. The topological polar surface area (TPSA) is 34.2 Å². The lowest BCUT2D eigenvalue weighted by molar-refractivity contribution is 0.301. The average molecular weight is 349 g/mol. The van der Waals surface area contributed by atoms with Crippen LogP contribution in [0.3, 0.4) is 0 Å². The highest BCUT2D eigenvalue weighted by atomic mass is 79.9. The van der Waals surface area contributed by atoms with E-state index in [1.165, 1.54) is 0 Å². The van der Waals surface area contributed by atoms with Crippen LogP contribution in [0.15, 0.2) is 47.2 Å². The number of nitrogens with zero attached hydrogens (tertiary/aromatic N) is 1. The molecule has 3 nitrogen and oxygen atoms in total. The van der Waals surface area contributed by atoms with E-state index in [4.69, 9.17) is 4.74 Å². The third kappa shape index (κ3) is 5.48. The fourth-order valence-electron chi connectivity index (χ4n) is 1.97. The third-order valence-electron chi connectivity index (χ3n) is 3.01. The Morgan fingerprint density at radius 3 is 2.90 bits per heavy atom. The van der Waals surface area contributed by atoms with Gasteiger partial charge in [-0.05, 0) is 36.2 Å². The van der Waals surface area contributed by atoms with Gasteiger partial charge in [-0.15, -0.1) is 0 Å². The van der Waals surface area contributed by atoms with E-state index in [9.17, 15) is 0 Å². The Bertz CT molecular complexity index is 572. The quantitative estimate of drug-likeness (QED) is 0.815. The van der Waals surface area contributed by atoms with Crippen LogP contribution in [-0.4, -0.2) is 11.5 Å². The van der Waals surface area contributed by atoms with Crippen molar-refractivity contribution in [1.82, 2.24) is 10.3 Å². The number of halogens is 1. The van der Waals surface area contributed by atoms with Gasteiger partial charge in [0, 0.05) is 29.0 Å². The van der Waals surface area contributed by atoms with Crippen LogP contribution in [0.4, 0.5) is 0 Å². The molecular formula is C17H21BrN2O. The molecule has 1 aromatic carbocycles. The summed E-state index contributed by atoms with van der Waals surface area (Å²) in [6.07, 6.45) is 3.63. The van der Waals surface area contributed by atoms with Crippen LogP contribution in [-0.2, 0) is 13.2 Å². The van der Waals surface area contributed by atoms with Crippen molar-refractivity contribution in [1.29, 1.82) is 0 Å². The summed E-state index contributed by atoms with van der Waals surface area (Å²) >= 11 is 3.47. The Labute approximate surface area is 134 Å². The molecule has 0 bridgehead atoms. The Kier molecular flexibility index (Phi) is 6.21. The van der Waals surface area contributed by atoms with Crippen LogP contribution in [0.1, 0.15) is 25.0 Å². The molecule has 0 aliphatic heterocycles. The fourth-order valence-corrected chi connectivity index (χ4v) is 2.42. The first kappa shape index (κ1) is 16.0. The highest BCUT2D eigenvalue weighted by molar-refractivity contribution is 9.10. The van der Waals surface area contributed by atoms with Gasteiger partial charge in [0.2, 0.25) is 0 Å². The summed E-state index contributed by atoms with van der Waals surface area (Å²) in [5.41, 5.74) is 2.23. The highest BCUT2D eigenvalue weighted by Crippen LogP contribution is 2.19. The van der Waals surface area contributed by atoms with Crippen molar-refractivity contribution in [3.63, 3.8) is 0 Å². The van der Waals surface area contributed by atoms with E-state index in [-0.39, 0.29) is 0 Å². The van der Waals surface area contributed by atoms with Gasteiger partial charge in [0.05, 0.1) is 0 Å². The first-order valence-electron chi connectivity index (χ1n) is 7.16. The van der Waals surface area contributed by atoms with Gasteiger partial charge in [-0.1, -0.05) is 41.9 Å². The maximum atomic E-state index is 5.93. The lowest BCUT2D eigenvalue weighted by atomic mass is 10.2. The van der Waals surface area contributed by atoms with Crippen LogP contribution in [0.2, 0.25) is 0 Å². The summed E-state index contributed by atoms with van der Waals surface area (Å²) in [6, 6.07) is 10.1. The molecule has 0 radical (unpaired) electrons. The molecule has 0 fully saturated rings. The number of nitrogens with one attached hydrogen (secondary N) is 1. The molecule has 21 heavy (non-hydrogen) atoms. The van der Waals surface area contributed by atoms with Crippen LogP contribution in [0.5, 0.6) is 5.75 Å². The number of rotatable bonds is 7. The van der Waals surface area contributed by atoms with E-state index in [1.807, 2.05) is 24.4 Å². The number of hydrogen-bond donors (Lipinski definition) is 1. The molecular weight excluding hydrogens is 328 g/mol. The van der Waals surface area contributed by atoms with Crippen LogP contribution >= 0.6 is 15.9 Å². The summed E-state index contributed by atoms with van der Waals surface area (Å²) in [5, 5.41) is 3.42. The maximum absolute atomic E-state index is 5.93. The normalized spacial score (nSPS) is 10.9. The number of benzene rings is 1. The molecule has 0 amide bonds. The Balaban J connectivity index is 1.96. The standard InChI is InChI=1S/C17H21BrN2O/c1-13(2)9-20-11-15-10-19-7-6-17(15)21-12-14-4-3-5-16(18)8-14/h3-8,10,13,20H,9,11-12H2,1-2H3. The second kappa shape index (κ2) is 8.15. The lowest BCUT2D eigenvalue weighted by Gasteiger charge is -2.13. The lowest BCUT2D eigenvalue weighted by Crippen LogP contribution is -2.19. The van der Waals surface area contributed by atoms with E-state index in [2.05, 4.69) is 52.2 Å². The number of hydrogen-bond acceptors (Lipinski definition) is 3. The molecule has 1 heterocycles. The number of ether oxygens (including phenoxy) is 1. The summed E-state index contributed by atoms with van der Waals surface area (Å²) < 4.78 is 7.00. The Morgan fingerprint density at radius 2 is 2.14 bits per heavy atom. The molecule has 0 saturated carbocycles. The summed E-state index contributed by atoms with van der Waals surface area (Å²) in [6.45, 7) is 6.71. The minimum Gasteiger partial charge on any atom is -0.488 e. The number of aromatic nitrogens is 1. The SMILES string of the molecule is CC(C)CNCc1cnccc1OCc1cccc(Br)c1. The first-order valence-corrected chi connectivity index (χ1v) is 7.95. The molecule has 2 rings (SSSR count). The summed E-state index contributed by atoms with van der Waals surface area (Å²) in [7, 11) is 0. The van der Waals surface area contributed by atoms with Gasteiger partial charge in [0.25, 0.3) is 0 Å². The van der Waals surface area contributed by atoms with Crippen LogP contribution < -0.4 is 10.1 Å². The van der Waals surface area contributed by atoms with Crippen molar-refractivity contribution < 1.29 is 4.74 Å². The van der Waals surface area contributed by atoms with Crippen LogP contribution in [0, 0.1) is 5.92 Å². The molecule has 0 unspecified atom stereocenters. The second-order valence-corrected chi connectivity index (χ2v) is 6.34. The molecule has 2 aromatic rings. The van der Waals surface area contributed by atoms with E-state index in [1.54, 1.807) is 6.20 Å². The zero-order valence-corrected chi connectivity index (χ0v) is 14.1. The zero-order valence-electron chi connectivity index (χ0n) is 12.5. The fraction of sp³-hybridized carbons (Fsp3) is 0.353. The van der Waals surface area contributed by atoms with Gasteiger partial charge in [-0.2, -0.15) is 0 Å². The predicted octanol–water partition coefficient (Wildman–Crippen LogP) is 4.17. The van der Waals surface area contributed by atoms with Gasteiger partial charge in [0.1, 0.15) is 12.4 Å². The van der Waals surface area contributed by atoms with E-state index >= 15 is 0 Å². The average Bonchev–Trinajstić information content (AvgIpc) is 2.46. The van der Waals surface area contributed by atoms with E-state index < -0.39 is 0 Å². The van der Waals surface area contributed by atoms with Crippen molar-refractivity contribution in [3.05, 3.63) is 58.3 Å². The van der Waals surface area contributed by atoms with E-state index in [0.29, 0.717) is 12.5 Å². The zero-order chi connectivity index (χ0) is 15.1. The van der Waals surface area contributed by atoms with Gasteiger partial charge in [0.15, 0.2) is 0 Å². The molecule has 0 aliphatic rings. The third-order valence-corrected chi connectivity index (χ3v) is 3.50. The van der Waals surface area contributed by atoms with Gasteiger partial charge < -0.3 is 10.1 Å². The second-order valence-electron chi connectivity index (χ2n) is 5.43. The highest BCUT2D eigenvalue weighted by Gasteiger charge is 2.04. The molecule has 1 aromatic heterocycles. The van der Waals surface area contributed by atoms with Crippen molar-refractivity contribution >= 4 is 15.9 Å². The Morgan fingerprint density at radius 1 is 1.29 bits per heavy atom. The van der Waals surface area contributed by atoms with Crippen LogP contribution in [0.25, 0.3) is 0 Å². The molecule has 0 saturated heterocycles. The van der Waals surface area contributed by atoms with Gasteiger partial charge >= 0.3 is 0 Å². The monoisotopic (exact) mass is 348 g/mol. The Hall–Kier alpha value is -1.39. The van der Waals surface area contributed by atoms with Crippen molar-refractivity contribution in [2.45, 2.75) is 27.0 Å². The smallest absolute Gasteiger partial charge is 0.127 e. The van der Waals surface area contributed by atoms with E-state index in [0.717, 1.165) is 34.4 Å². The largest absolute Gasteiger partial charge is 0.488 e. The summed E-state index contributed by atoms with van der Waals surface area (Å²) in [4.78, 5) is 4.18. The van der Waals surface area contributed by atoms with Crippen molar-refractivity contribution in [2.24, 2.45) is 5.92 Å². The number of pyridine rings is 1. The molecule has 0 atom stereocenters. The molecule has 112 valence electrons. The van der Waals surface area contributed by atoms with Gasteiger partial charge in [-0.3, -0.25) is 4.98 Å². The minimum atomic E-state index is 0.556. The predicted molar refractivity (Wildman–Crippen MR) is 89.3 cm³/mol. The molecule has 0 aliphatic carbocycles. The van der Waals surface area contributed by atoms with Gasteiger partial charge in [-0.25, -0.2) is 0 Å². The molecule has 4 heteroatoms.